The SMILES string of the molecule is CC1=CC2C3[C@H](C)C[C@@](C)(OC(=O)Cc4ccccc4)C(C)(C)[C@@H]3C=C(CO)C[C@]2(O)C1=O. The van der Waals surface area contributed by atoms with Gasteiger partial charge in [-0.3, -0.25) is 9.59 Å². The number of aliphatic hydroxyl groups is 2. The van der Waals surface area contributed by atoms with Gasteiger partial charge in [0.15, 0.2) is 5.78 Å². The first-order valence-electron chi connectivity index (χ1n) is 11.9. The minimum atomic E-state index is -1.51. The van der Waals surface area contributed by atoms with Gasteiger partial charge in [0.25, 0.3) is 0 Å². The Bertz CT molecular complexity index is 1010. The number of hydrogen-bond acceptors (Lipinski definition) is 5. The lowest BCUT2D eigenvalue weighted by molar-refractivity contribution is -0.198. The molecule has 0 radical (unpaired) electrons. The number of Topliss-reactive ketones (excluding diaryl/α,β-unsaturated/α-hetero) is 1. The van der Waals surface area contributed by atoms with Crippen molar-refractivity contribution >= 4 is 11.8 Å². The predicted molar refractivity (Wildman–Crippen MR) is 126 cm³/mol. The van der Waals surface area contributed by atoms with Crippen LogP contribution < -0.4 is 0 Å². The number of allylic oxidation sites excluding steroid dienone is 1. The minimum absolute atomic E-state index is 0.00338. The van der Waals surface area contributed by atoms with Gasteiger partial charge in [-0.05, 0) is 54.7 Å². The van der Waals surface area contributed by atoms with Gasteiger partial charge in [-0.1, -0.05) is 63.3 Å². The number of ether oxygens (including phenoxy) is 1. The van der Waals surface area contributed by atoms with Crippen molar-refractivity contribution in [2.75, 3.05) is 6.61 Å². The van der Waals surface area contributed by atoms with Crippen LogP contribution in [0, 0.1) is 29.1 Å². The fourth-order valence-electron chi connectivity index (χ4n) is 6.69. The predicted octanol–water partition coefficient (Wildman–Crippen LogP) is 4.03. The molecule has 1 saturated carbocycles. The van der Waals surface area contributed by atoms with Gasteiger partial charge in [0.2, 0.25) is 0 Å². The van der Waals surface area contributed by atoms with Crippen LogP contribution in [0.5, 0.6) is 0 Å². The molecule has 1 fully saturated rings. The van der Waals surface area contributed by atoms with Crippen molar-refractivity contribution in [3.05, 3.63) is 59.2 Å². The topological polar surface area (TPSA) is 83.8 Å². The van der Waals surface area contributed by atoms with Gasteiger partial charge in [-0.2, -0.15) is 0 Å². The van der Waals surface area contributed by atoms with Gasteiger partial charge in [0.05, 0.1) is 13.0 Å². The van der Waals surface area contributed by atoms with Crippen LogP contribution >= 0.6 is 0 Å². The van der Waals surface area contributed by atoms with Crippen molar-refractivity contribution < 1.29 is 24.5 Å². The van der Waals surface area contributed by atoms with Crippen LogP contribution in [0.4, 0.5) is 0 Å². The highest BCUT2D eigenvalue weighted by atomic mass is 16.6. The second kappa shape index (κ2) is 8.21. The van der Waals surface area contributed by atoms with E-state index in [1.807, 2.05) is 43.3 Å². The van der Waals surface area contributed by atoms with Crippen molar-refractivity contribution in [3.63, 3.8) is 0 Å². The molecule has 0 spiro atoms. The Hall–Kier alpha value is -2.24. The Kier molecular flexibility index (Phi) is 5.95. The Morgan fingerprint density at radius 1 is 1.12 bits per heavy atom. The quantitative estimate of drug-likeness (QED) is 0.532. The lowest BCUT2D eigenvalue weighted by atomic mass is 9.50. The van der Waals surface area contributed by atoms with E-state index in [-0.39, 0.29) is 54.9 Å². The zero-order valence-electron chi connectivity index (χ0n) is 20.3. The molecule has 0 amide bonds. The summed E-state index contributed by atoms with van der Waals surface area (Å²) in [7, 11) is 0. The summed E-state index contributed by atoms with van der Waals surface area (Å²) in [5.74, 6) is -0.804. The van der Waals surface area contributed by atoms with Gasteiger partial charge < -0.3 is 14.9 Å². The lowest BCUT2D eigenvalue weighted by Crippen LogP contribution is -2.60. The average Bonchev–Trinajstić information content (AvgIpc) is 2.88. The first-order valence-corrected chi connectivity index (χ1v) is 11.9. The van der Waals surface area contributed by atoms with E-state index in [1.54, 1.807) is 6.92 Å². The maximum Gasteiger partial charge on any atom is 0.310 e. The second-order valence-corrected chi connectivity index (χ2v) is 11.2. The number of benzene rings is 1. The molecular weight excluding hydrogens is 416 g/mol. The smallest absolute Gasteiger partial charge is 0.310 e. The van der Waals surface area contributed by atoms with Gasteiger partial charge in [0.1, 0.15) is 11.2 Å². The first-order chi connectivity index (χ1) is 15.4. The van der Waals surface area contributed by atoms with E-state index >= 15 is 0 Å². The summed E-state index contributed by atoms with van der Waals surface area (Å²) in [4.78, 5) is 25.9. The molecule has 6 atom stereocenters. The molecule has 2 unspecified atom stereocenters. The second-order valence-electron chi connectivity index (χ2n) is 11.2. The minimum Gasteiger partial charge on any atom is -0.459 e. The third-order valence-corrected chi connectivity index (χ3v) is 8.77. The number of aliphatic hydroxyl groups excluding tert-OH is 1. The Balaban J connectivity index is 1.70. The summed E-state index contributed by atoms with van der Waals surface area (Å²) in [6.45, 7) is 9.90. The maximum absolute atomic E-state index is 13.0. The number of esters is 1. The number of carbonyl (C=O) groups is 2. The summed E-state index contributed by atoms with van der Waals surface area (Å²) in [5.41, 5.74) is -0.548. The lowest BCUT2D eigenvalue weighted by Gasteiger charge is -2.57. The summed E-state index contributed by atoms with van der Waals surface area (Å²) < 4.78 is 6.23. The first kappa shape index (κ1) is 23.9. The molecule has 5 heteroatoms. The Morgan fingerprint density at radius 2 is 1.79 bits per heavy atom. The van der Waals surface area contributed by atoms with Crippen molar-refractivity contribution in [2.24, 2.45) is 29.1 Å². The zero-order valence-corrected chi connectivity index (χ0v) is 20.3. The summed E-state index contributed by atoms with van der Waals surface area (Å²) >= 11 is 0. The van der Waals surface area contributed by atoms with Crippen molar-refractivity contribution in [3.8, 4) is 0 Å². The highest BCUT2D eigenvalue weighted by molar-refractivity contribution is 6.04. The molecule has 0 heterocycles. The van der Waals surface area contributed by atoms with Crippen LogP contribution in [0.3, 0.4) is 0 Å². The molecule has 33 heavy (non-hydrogen) atoms. The monoisotopic (exact) mass is 452 g/mol. The van der Waals surface area contributed by atoms with E-state index in [1.165, 1.54) is 0 Å². The van der Waals surface area contributed by atoms with Crippen LogP contribution in [-0.2, 0) is 20.7 Å². The van der Waals surface area contributed by atoms with E-state index in [0.29, 0.717) is 17.6 Å². The van der Waals surface area contributed by atoms with Gasteiger partial charge in [-0.25, -0.2) is 0 Å². The normalized spacial score (nSPS) is 37.4. The molecule has 1 aromatic rings. The van der Waals surface area contributed by atoms with Crippen LogP contribution in [0.2, 0.25) is 0 Å². The van der Waals surface area contributed by atoms with E-state index < -0.39 is 16.6 Å². The Labute approximate surface area is 196 Å². The zero-order chi connectivity index (χ0) is 24.2. The number of ketones is 1. The summed E-state index contributed by atoms with van der Waals surface area (Å²) in [6, 6.07) is 9.58. The molecule has 4 rings (SSSR count). The largest absolute Gasteiger partial charge is 0.459 e. The molecule has 0 bridgehead atoms. The molecule has 3 aliphatic rings. The van der Waals surface area contributed by atoms with Crippen LogP contribution in [-0.4, -0.2) is 39.8 Å². The van der Waals surface area contributed by atoms with Gasteiger partial charge >= 0.3 is 5.97 Å². The molecule has 5 nitrogen and oxygen atoms in total. The molecule has 1 aromatic carbocycles. The highest BCUT2D eigenvalue weighted by Gasteiger charge is 2.63. The summed E-state index contributed by atoms with van der Waals surface area (Å²) in [5, 5.41) is 21.6. The molecule has 0 aromatic heterocycles. The maximum atomic E-state index is 13.0. The molecule has 0 saturated heterocycles. The summed E-state index contributed by atoms with van der Waals surface area (Å²) in [6.07, 6.45) is 4.98. The van der Waals surface area contributed by atoms with Crippen molar-refractivity contribution in [1.29, 1.82) is 0 Å². The number of hydrogen-bond donors (Lipinski definition) is 2. The average molecular weight is 453 g/mol. The molecule has 0 aliphatic heterocycles. The third-order valence-electron chi connectivity index (χ3n) is 8.77. The van der Waals surface area contributed by atoms with E-state index in [9.17, 15) is 19.8 Å². The van der Waals surface area contributed by atoms with Crippen molar-refractivity contribution in [2.45, 2.75) is 65.1 Å². The fourth-order valence-corrected chi connectivity index (χ4v) is 6.69. The van der Waals surface area contributed by atoms with Crippen molar-refractivity contribution in [1.82, 2.24) is 0 Å². The molecular formula is C28H36O5. The van der Waals surface area contributed by atoms with Gasteiger partial charge in [0, 0.05) is 17.8 Å². The molecule has 3 aliphatic carbocycles. The van der Waals surface area contributed by atoms with Crippen LogP contribution in [0.1, 0.15) is 53.0 Å². The van der Waals surface area contributed by atoms with Crippen LogP contribution in [0.15, 0.2) is 53.6 Å². The number of rotatable bonds is 4. The van der Waals surface area contributed by atoms with E-state index in [4.69, 9.17) is 4.74 Å². The van der Waals surface area contributed by atoms with Gasteiger partial charge in [-0.15, -0.1) is 0 Å². The number of fused-ring (bicyclic) bond motifs is 3. The highest BCUT2D eigenvalue weighted by Crippen LogP contribution is 2.61. The van der Waals surface area contributed by atoms with E-state index in [2.05, 4.69) is 26.8 Å². The van der Waals surface area contributed by atoms with Crippen LogP contribution in [0.25, 0.3) is 0 Å². The standard InChI is InChI=1S/C28H36O5/c1-17-11-22-24-18(2)14-27(5,33-23(30)13-19-9-7-6-8-10-19)26(3,4)21(24)12-20(16-29)15-28(22,32)25(17)31/h6-12,18,21-22,24,29,32H,13-16H2,1-5H3/t18-,21-,22?,24?,27-,28-/m1/s1. The molecule has 178 valence electrons. The Morgan fingerprint density at radius 3 is 2.42 bits per heavy atom. The van der Waals surface area contributed by atoms with E-state index in [0.717, 1.165) is 5.56 Å². The number of carbonyl (C=O) groups excluding carboxylic acids is 2. The third kappa shape index (κ3) is 3.79. The molecule has 2 N–H and O–H groups in total. The fraction of sp³-hybridized carbons (Fsp3) is 0.571.